The van der Waals surface area contributed by atoms with Crippen LogP contribution in [0.5, 0.6) is 5.75 Å². The maximum absolute atomic E-state index is 11.3. The van der Waals surface area contributed by atoms with Crippen LogP contribution in [-0.2, 0) is 4.74 Å². The second-order valence-electron chi connectivity index (χ2n) is 3.52. The number of rotatable bonds is 5. The average molecular weight is 263 g/mol. The van der Waals surface area contributed by atoms with Gasteiger partial charge < -0.3 is 9.47 Å². The minimum absolute atomic E-state index is 0.351. The summed E-state index contributed by atoms with van der Waals surface area (Å²) in [6, 6.07) is 6.71. The third-order valence-electron chi connectivity index (χ3n) is 2.28. The van der Waals surface area contributed by atoms with E-state index in [1.54, 1.807) is 12.1 Å². The summed E-state index contributed by atoms with van der Waals surface area (Å²) in [7, 11) is 1.31. The van der Waals surface area contributed by atoms with Crippen LogP contribution >= 0.6 is 0 Å². The highest BCUT2D eigenvalue weighted by atomic mass is 16.5. The second kappa shape index (κ2) is 9.95. The number of unbranched alkanes of at least 4 members (excludes halogenated alkanes) is 1. The van der Waals surface area contributed by atoms with E-state index in [2.05, 4.69) is 11.7 Å². The molecule has 4 nitrogen and oxygen atoms in total. The molecule has 0 aliphatic carbocycles. The maximum atomic E-state index is 11.3. The zero-order valence-corrected chi connectivity index (χ0v) is 12.0. The summed E-state index contributed by atoms with van der Waals surface area (Å²) < 4.78 is 10.0. The van der Waals surface area contributed by atoms with Gasteiger partial charge in [-0.25, -0.2) is 4.79 Å². The summed E-state index contributed by atoms with van der Waals surface area (Å²) in [5, 5.41) is 8.97. The number of hydrogen-bond acceptors (Lipinski definition) is 4. The Bertz CT molecular complexity index is 436. The first kappa shape index (κ1) is 17.0. The van der Waals surface area contributed by atoms with Crippen molar-refractivity contribution in [2.45, 2.75) is 33.6 Å². The normalized spacial score (nSPS) is 8.79. The van der Waals surface area contributed by atoms with Gasteiger partial charge in [0.2, 0.25) is 0 Å². The Balaban J connectivity index is 0.00000154. The largest absolute Gasteiger partial charge is 0.492 e. The van der Waals surface area contributed by atoms with Gasteiger partial charge in [-0.3, -0.25) is 0 Å². The van der Waals surface area contributed by atoms with E-state index in [-0.39, 0.29) is 0 Å². The lowest BCUT2D eigenvalue weighted by Crippen LogP contribution is -2.03. The molecule has 0 saturated carbocycles. The molecule has 0 spiro atoms. The van der Waals surface area contributed by atoms with E-state index in [1.807, 2.05) is 19.9 Å². The monoisotopic (exact) mass is 263 g/mol. The van der Waals surface area contributed by atoms with Crippen LogP contribution in [0.15, 0.2) is 18.2 Å². The van der Waals surface area contributed by atoms with Crippen LogP contribution in [0.3, 0.4) is 0 Å². The summed E-state index contributed by atoms with van der Waals surface area (Å²) in [4.78, 5) is 11.3. The number of hydrogen-bond donors (Lipinski definition) is 0. The van der Waals surface area contributed by atoms with Gasteiger partial charge >= 0.3 is 5.97 Å². The third-order valence-corrected chi connectivity index (χ3v) is 2.28. The second-order valence-corrected chi connectivity index (χ2v) is 3.52. The third kappa shape index (κ3) is 5.43. The van der Waals surface area contributed by atoms with Gasteiger partial charge in [0.05, 0.1) is 24.8 Å². The maximum Gasteiger partial charge on any atom is 0.337 e. The number of esters is 1. The van der Waals surface area contributed by atoms with Crippen molar-refractivity contribution in [1.82, 2.24) is 0 Å². The van der Waals surface area contributed by atoms with E-state index in [0.717, 1.165) is 12.8 Å². The summed E-state index contributed by atoms with van der Waals surface area (Å²) in [6.07, 6.45) is 1.96. The van der Waals surface area contributed by atoms with Crippen LogP contribution < -0.4 is 4.74 Å². The van der Waals surface area contributed by atoms with Crippen molar-refractivity contribution in [1.29, 1.82) is 5.26 Å². The lowest BCUT2D eigenvalue weighted by molar-refractivity contribution is 0.0600. The predicted octanol–water partition coefficient (Wildman–Crippen LogP) is 3.55. The van der Waals surface area contributed by atoms with Crippen molar-refractivity contribution in [3.63, 3.8) is 0 Å². The molecule has 0 atom stereocenters. The molecule has 104 valence electrons. The smallest absolute Gasteiger partial charge is 0.337 e. The van der Waals surface area contributed by atoms with Crippen LogP contribution in [0.25, 0.3) is 0 Å². The highest BCUT2D eigenvalue weighted by Crippen LogP contribution is 2.20. The van der Waals surface area contributed by atoms with Crippen molar-refractivity contribution in [3.05, 3.63) is 29.3 Å². The van der Waals surface area contributed by atoms with Gasteiger partial charge in [0, 0.05) is 0 Å². The molecule has 0 bridgehead atoms. The van der Waals surface area contributed by atoms with Gasteiger partial charge in [0.1, 0.15) is 11.8 Å². The van der Waals surface area contributed by atoms with Crippen LogP contribution in [0.1, 0.15) is 49.5 Å². The molecule has 0 aliphatic rings. The molecular weight excluding hydrogens is 242 g/mol. The van der Waals surface area contributed by atoms with E-state index in [9.17, 15) is 4.79 Å². The van der Waals surface area contributed by atoms with Crippen molar-refractivity contribution >= 4 is 5.97 Å². The van der Waals surface area contributed by atoms with E-state index >= 15 is 0 Å². The molecule has 0 aliphatic heterocycles. The number of carbonyl (C=O) groups excluding carboxylic acids is 1. The Kier molecular flexibility index (Phi) is 8.90. The molecule has 0 N–H and O–H groups in total. The number of ether oxygens (including phenoxy) is 2. The predicted molar refractivity (Wildman–Crippen MR) is 74.2 cm³/mol. The molecule has 0 heterocycles. The fraction of sp³-hybridized carbons (Fsp3) is 0.467. The Morgan fingerprint density at radius 1 is 1.37 bits per heavy atom. The number of benzene rings is 1. The van der Waals surface area contributed by atoms with E-state index in [1.165, 1.54) is 13.2 Å². The highest BCUT2D eigenvalue weighted by molar-refractivity contribution is 5.90. The van der Waals surface area contributed by atoms with E-state index in [0.29, 0.717) is 23.5 Å². The molecule has 0 unspecified atom stereocenters. The molecule has 1 aromatic carbocycles. The summed E-state index contributed by atoms with van der Waals surface area (Å²) in [5.74, 6) is 0.0511. The first-order valence-electron chi connectivity index (χ1n) is 6.48. The lowest BCUT2D eigenvalue weighted by atomic mass is 10.1. The standard InChI is InChI=1S/C13H15NO3.C2H6/c1-3-4-7-17-12-6-5-10(13(15)16-2)8-11(12)9-14;1-2/h5-6,8H,3-4,7H2,1-2H3;1-2H3. The van der Waals surface area contributed by atoms with Gasteiger partial charge in [-0.1, -0.05) is 27.2 Å². The molecule has 0 aromatic heterocycles. The molecular formula is C15H21NO3. The summed E-state index contributed by atoms with van der Waals surface area (Å²) in [5.41, 5.74) is 0.705. The first-order chi connectivity index (χ1) is 9.22. The Morgan fingerprint density at radius 3 is 2.58 bits per heavy atom. The Labute approximate surface area is 115 Å². The summed E-state index contributed by atoms with van der Waals surface area (Å²) in [6.45, 7) is 6.64. The van der Waals surface area contributed by atoms with E-state index < -0.39 is 5.97 Å². The number of nitriles is 1. The topological polar surface area (TPSA) is 59.3 Å². The SMILES string of the molecule is CC.CCCCOc1ccc(C(=O)OC)cc1C#N. The molecule has 0 radical (unpaired) electrons. The van der Waals surface area contributed by atoms with Gasteiger partial charge in [0.15, 0.2) is 0 Å². The van der Waals surface area contributed by atoms with Crippen molar-refractivity contribution in [3.8, 4) is 11.8 Å². The number of nitrogens with zero attached hydrogens (tertiary/aromatic N) is 1. The minimum Gasteiger partial charge on any atom is -0.492 e. The fourth-order valence-corrected chi connectivity index (χ4v) is 1.31. The van der Waals surface area contributed by atoms with Gasteiger partial charge in [-0.2, -0.15) is 5.26 Å². The van der Waals surface area contributed by atoms with Crippen molar-refractivity contribution in [2.24, 2.45) is 0 Å². The Morgan fingerprint density at radius 2 is 2.05 bits per heavy atom. The van der Waals surface area contributed by atoms with Crippen LogP contribution in [-0.4, -0.2) is 19.7 Å². The summed E-state index contributed by atoms with van der Waals surface area (Å²) >= 11 is 0. The molecule has 4 heteroatoms. The molecule has 1 aromatic rings. The van der Waals surface area contributed by atoms with Gasteiger partial charge in [-0.15, -0.1) is 0 Å². The average Bonchev–Trinajstić information content (AvgIpc) is 2.49. The zero-order valence-electron chi connectivity index (χ0n) is 12.0. The van der Waals surface area contributed by atoms with Gasteiger partial charge in [-0.05, 0) is 24.6 Å². The minimum atomic E-state index is -0.457. The Hall–Kier alpha value is -2.02. The molecule has 19 heavy (non-hydrogen) atoms. The van der Waals surface area contributed by atoms with Crippen LogP contribution in [0, 0.1) is 11.3 Å². The quantitative estimate of drug-likeness (QED) is 0.602. The van der Waals surface area contributed by atoms with Crippen LogP contribution in [0.2, 0.25) is 0 Å². The number of carbonyl (C=O) groups is 1. The number of methoxy groups -OCH3 is 1. The molecule has 0 fully saturated rings. The van der Waals surface area contributed by atoms with Crippen molar-refractivity contribution < 1.29 is 14.3 Å². The van der Waals surface area contributed by atoms with Crippen molar-refractivity contribution in [2.75, 3.05) is 13.7 Å². The highest BCUT2D eigenvalue weighted by Gasteiger charge is 2.10. The first-order valence-corrected chi connectivity index (χ1v) is 6.48. The molecule has 0 amide bonds. The fourth-order valence-electron chi connectivity index (χ4n) is 1.31. The zero-order chi connectivity index (χ0) is 14.7. The molecule has 1 rings (SSSR count). The molecule has 0 saturated heterocycles. The lowest BCUT2D eigenvalue weighted by Gasteiger charge is -2.08. The van der Waals surface area contributed by atoms with Crippen LogP contribution in [0.4, 0.5) is 0 Å². The van der Waals surface area contributed by atoms with Gasteiger partial charge in [0.25, 0.3) is 0 Å². The van der Waals surface area contributed by atoms with E-state index in [4.69, 9.17) is 10.00 Å².